The van der Waals surface area contributed by atoms with Crippen LogP contribution in [0.5, 0.6) is 0 Å². The maximum absolute atomic E-state index is 13.9. The number of carboxylic acid groups (broad SMARTS) is 1. The van der Waals surface area contributed by atoms with Crippen LogP contribution in [0.15, 0.2) is 24.8 Å². The summed E-state index contributed by atoms with van der Waals surface area (Å²) < 4.78 is 15.7. The highest BCUT2D eigenvalue weighted by Gasteiger charge is 2.47. The van der Waals surface area contributed by atoms with Gasteiger partial charge in [-0.1, -0.05) is 0 Å². The zero-order valence-corrected chi connectivity index (χ0v) is 17.4. The quantitative estimate of drug-likeness (QED) is 0.449. The molecule has 0 radical (unpaired) electrons. The Labute approximate surface area is 182 Å². The summed E-state index contributed by atoms with van der Waals surface area (Å²) in [6, 6.07) is 1.19. The molecule has 2 bridgehead atoms. The number of aromatic nitrogens is 6. The van der Waals surface area contributed by atoms with Crippen LogP contribution < -0.4 is 5.32 Å². The van der Waals surface area contributed by atoms with Gasteiger partial charge in [0, 0.05) is 30.2 Å². The molecule has 3 saturated carbocycles. The first-order chi connectivity index (χ1) is 15.5. The van der Waals surface area contributed by atoms with Crippen molar-refractivity contribution in [3.05, 3.63) is 30.6 Å². The first kappa shape index (κ1) is 19.1. The number of carbonyl (C=O) groups is 1. The highest BCUT2D eigenvalue weighted by Crippen LogP contribution is 2.46. The number of carboxylic acids is 1. The number of fused-ring (bicyclic) bond motifs is 5. The van der Waals surface area contributed by atoms with E-state index in [0.29, 0.717) is 39.4 Å². The van der Waals surface area contributed by atoms with E-state index < -0.39 is 17.7 Å². The number of halogens is 1. The third-order valence-corrected chi connectivity index (χ3v) is 7.11. The van der Waals surface area contributed by atoms with Gasteiger partial charge in [-0.25, -0.2) is 24.3 Å². The minimum absolute atomic E-state index is 0.179. The standard InChI is InChI=1S/C22H22FN7O2/c1-30-9-26-17-20(27-16-11-4-2-10(3-5-11)15(16)22(31)32)28-19(29-21(17)30)14-8-25-18-13(14)6-12(23)7-24-18/h6-11,15-16H,2-5H2,1H3,(H,24,25)(H,31,32)(H,27,28,29). The van der Waals surface area contributed by atoms with Crippen LogP contribution in [0.25, 0.3) is 33.6 Å². The molecular weight excluding hydrogens is 413 g/mol. The average molecular weight is 435 g/mol. The molecule has 4 heterocycles. The van der Waals surface area contributed by atoms with Gasteiger partial charge in [0.1, 0.15) is 17.0 Å². The maximum Gasteiger partial charge on any atom is 0.308 e. The summed E-state index contributed by atoms with van der Waals surface area (Å²) in [5.74, 6) is -0.292. The molecule has 3 aliphatic rings. The molecule has 3 fully saturated rings. The molecule has 2 atom stereocenters. The van der Waals surface area contributed by atoms with E-state index >= 15 is 0 Å². The van der Waals surface area contributed by atoms with Crippen molar-refractivity contribution in [1.82, 2.24) is 29.5 Å². The first-order valence-corrected chi connectivity index (χ1v) is 10.8. The maximum atomic E-state index is 13.9. The lowest BCUT2D eigenvalue weighted by Gasteiger charge is -2.47. The van der Waals surface area contributed by atoms with E-state index in [1.165, 1.54) is 6.07 Å². The van der Waals surface area contributed by atoms with Gasteiger partial charge in [0.15, 0.2) is 17.3 Å². The van der Waals surface area contributed by atoms with E-state index in [0.717, 1.165) is 31.9 Å². The van der Waals surface area contributed by atoms with Crippen LogP contribution in [-0.2, 0) is 11.8 Å². The van der Waals surface area contributed by atoms with Crippen molar-refractivity contribution in [3.63, 3.8) is 0 Å². The van der Waals surface area contributed by atoms with Crippen molar-refractivity contribution in [2.24, 2.45) is 24.8 Å². The first-order valence-electron chi connectivity index (χ1n) is 10.8. The lowest BCUT2D eigenvalue weighted by molar-refractivity contribution is -0.148. The van der Waals surface area contributed by atoms with Crippen LogP contribution in [-0.4, -0.2) is 46.6 Å². The monoisotopic (exact) mass is 435 g/mol. The Morgan fingerprint density at radius 3 is 2.78 bits per heavy atom. The molecular formula is C22H22FN7O2. The van der Waals surface area contributed by atoms with Gasteiger partial charge in [-0.15, -0.1) is 0 Å². The molecule has 4 aromatic rings. The fourth-order valence-electron chi connectivity index (χ4n) is 5.56. The van der Waals surface area contributed by atoms with Crippen LogP contribution in [0.2, 0.25) is 0 Å². The molecule has 32 heavy (non-hydrogen) atoms. The number of imidazole rings is 1. The van der Waals surface area contributed by atoms with E-state index in [4.69, 9.17) is 4.98 Å². The van der Waals surface area contributed by atoms with Gasteiger partial charge in [0.05, 0.1) is 18.4 Å². The van der Waals surface area contributed by atoms with Crippen molar-refractivity contribution >= 4 is 34.0 Å². The van der Waals surface area contributed by atoms with Crippen molar-refractivity contribution in [2.75, 3.05) is 5.32 Å². The van der Waals surface area contributed by atoms with Gasteiger partial charge in [0.25, 0.3) is 0 Å². The minimum Gasteiger partial charge on any atom is -0.481 e. The molecule has 0 spiro atoms. The topological polar surface area (TPSA) is 122 Å². The second kappa shape index (κ2) is 6.98. The average Bonchev–Trinajstić information content (AvgIpc) is 3.37. The number of anilines is 1. The smallest absolute Gasteiger partial charge is 0.308 e. The molecule has 2 unspecified atom stereocenters. The molecule has 4 aromatic heterocycles. The summed E-state index contributed by atoms with van der Waals surface area (Å²) in [6.45, 7) is 0. The molecule has 10 heteroatoms. The van der Waals surface area contributed by atoms with E-state index in [1.54, 1.807) is 17.1 Å². The number of nitrogens with zero attached hydrogens (tertiary/aromatic N) is 5. The third-order valence-electron chi connectivity index (χ3n) is 7.11. The highest BCUT2D eigenvalue weighted by molar-refractivity contribution is 5.94. The van der Waals surface area contributed by atoms with Crippen molar-refractivity contribution in [1.29, 1.82) is 0 Å². The molecule has 3 aliphatic carbocycles. The summed E-state index contributed by atoms with van der Waals surface area (Å²) in [7, 11) is 1.84. The van der Waals surface area contributed by atoms with Crippen molar-refractivity contribution in [2.45, 2.75) is 31.7 Å². The van der Waals surface area contributed by atoms with Crippen LogP contribution in [0.4, 0.5) is 10.2 Å². The van der Waals surface area contributed by atoms with Crippen molar-refractivity contribution in [3.8, 4) is 11.4 Å². The summed E-state index contributed by atoms with van der Waals surface area (Å²) in [6.07, 6.45) is 8.48. The zero-order chi connectivity index (χ0) is 22.0. The van der Waals surface area contributed by atoms with E-state index in [9.17, 15) is 14.3 Å². The van der Waals surface area contributed by atoms with Crippen LogP contribution in [0.3, 0.4) is 0 Å². The summed E-state index contributed by atoms with van der Waals surface area (Å²) in [4.78, 5) is 33.1. The summed E-state index contributed by atoms with van der Waals surface area (Å²) in [5, 5.41) is 14.0. The largest absolute Gasteiger partial charge is 0.481 e. The second-order valence-electron chi connectivity index (χ2n) is 8.88. The fourth-order valence-corrected chi connectivity index (χ4v) is 5.56. The molecule has 0 saturated heterocycles. The van der Waals surface area contributed by atoms with Gasteiger partial charge in [-0.3, -0.25) is 4.79 Å². The Bertz CT molecular complexity index is 1360. The van der Waals surface area contributed by atoms with E-state index in [2.05, 4.69) is 25.3 Å². The van der Waals surface area contributed by atoms with Crippen LogP contribution >= 0.6 is 0 Å². The second-order valence-corrected chi connectivity index (χ2v) is 8.88. The number of hydrogen-bond donors (Lipinski definition) is 3. The van der Waals surface area contributed by atoms with Crippen LogP contribution in [0.1, 0.15) is 25.7 Å². The molecule has 0 aromatic carbocycles. The Morgan fingerprint density at radius 1 is 1.22 bits per heavy atom. The van der Waals surface area contributed by atoms with E-state index in [-0.39, 0.29) is 17.9 Å². The fraction of sp³-hybridized carbons (Fsp3) is 0.409. The highest BCUT2D eigenvalue weighted by atomic mass is 19.1. The van der Waals surface area contributed by atoms with Gasteiger partial charge in [0.2, 0.25) is 0 Å². The van der Waals surface area contributed by atoms with Gasteiger partial charge in [-0.2, -0.15) is 0 Å². The van der Waals surface area contributed by atoms with Gasteiger partial charge in [-0.05, 0) is 43.6 Å². The number of rotatable bonds is 4. The SMILES string of the molecule is Cn1cnc2c(NC3C4CCC(CC4)C3C(=O)O)nc(-c3c[nH]c4ncc(F)cc34)nc21. The number of pyridine rings is 1. The van der Waals surface area contributed by atoms with Crippen LogP contribution in [0, 0.1) is 23.6 Å². The normalized spacial score (nSPS) is 24.9. The lowest BCUT2D eigenvalue weighted by atomic mass is 9.61. The Kier molecular flexibility index (Phi) is 4.17. The minimum atomic E-state index is -0.762. The Balaban J connectivity index is 1.48. The summed E-state index contributed by atoms with van der Waals surface area (Å²) in [5.41, 5.74) is 2.37. The number of aromatic amines is 1. The number of nitrogens with one attached hydrogen (secondary N) is 2. The molecule has 3 N–H and O–H groups in total. The molecule has 7 rings (SSSR count). The number of hydrogen-bond acceptors (Lipinski definition) is 6. The number of aliphatic carboxylic acids is 1. The molecule has 0 amide bonds. The molecule has 164 valence electrons. The zero-order valence-electron chi connectivity index (χ0n) is 17.4. The van der Waals surface area contributed by atoms with E-state index in [1.807, 2.05) is 7.05 Å². The Hall–Kier alpha value is -3.56. The van der Waals surface area contributed by atoms with Gasteiger partial charge >= 0.3 is 5.97 Å². The van der Waals surface area contributed by atoms with Gasteiger partial charge < -0.3 is 20.0 Å². The number of H-pyrrole nitrogens is 1. The summed E-state index contributed by atoms with van der Waals surface area (Å²) >= 11 is 0. The lowest BCUT2D eigenvalue weighted by Crippen LogP contribution is -2.51. The molecule has 9 nitrogen and oxygen atoms in total. The predicted octanol–water partition coefficient (Wildman–Crippen LogP) is 3.35. The molecule has 0 aliphatic heterocycles. The van der Waals surface area contributed by atoms with Crippen molar-refractivity contribution < 1.29 is 14.3 Å². The third kappa shape index (κ3) is 2.85. The number of aryl methyl sites for hydroxylation is 1. The predicted molar refractivity (Wildman–Crippen MR) is 115 cm³/mol. The Morgan fingerprint density at radius 2 is 2.00 bits per heavy atom.